The number of imidazole rings is 1. The van der Waals surface area contributed by atoms with E-state index in [9.17, 15) is 4.79 Å². The minimum Gasteiger partial charge on any atom is -0.494 e. The number of nitrogens with zero attached hydrogens (tertiary/aromatic N) is 6. The molecule has 0 bridgehead atoms. The van der Waals surface area contributed by atoms with Gasteiger partial charge in [-0.3, -0.25) is 14.7 Å². The summed E-state index contributed by atoms with van der Waals surface area (Å²) in [6.07, 6.45) is 5.37. The predicted octanol–water partition coefficient (Wildman–Crippen LogP) is 3.32. The molecule has 176 valence electrons. The number of ether oxygens (including phenoxy) is 1. The van der Waals surface area contributed by atoms with Crippen LogP contribution in [-0.4, -0.2) is 63.5 Å². The quantitative estimate of drug-likeness (QED) is 0.433. The molecule has 2 aromatic heterocycles. The molecule has 0 radical (unpaired) electrons. The molecule has 8 nitrogen and oxygen atoms in total. The second kappa shape index (κ2) is 9.95. The van der Waals surface area contributed by atoms with Crippen LogP contribution in [-0.2, 0) is 13.1 Å². The summed E-state index contributed by atoms with van der Waals surface area (Å²) in [6, 6.07) is 17.4. The van der Waals surface area contributed by atoms with Gasteiger partial charge in [0.25, 0.3) is 5.91 Å². The van der Waals surface area contributed by atoms with Crippen molar-refractivity contribution in [2.24, 2.45) is 0 Å². The molecule has 0 saturated carbocycles. The summed E-state index contributed by atoms with van der Waals surface area (Å²) in [5, 5.41) is 9.81. The number of benzene rings is 2. The van der Waals surface area contributed by atoms with Gasteiger partial charge in [0.05, 0.1) is 48.0 Å². The maximum atomic E-state index is 13.5. The van der Waals surface area contributed by atoms with Gasteiger partial charge in [0.15, 0.2) is 5.75 Å². The molecule has 0 unspecified atom stereocenters. The molecule has 3 heterocycles. The van der Waals surface area contributed by atoms with Gasteiger partial charge in [-0.15, -0.1) is 0 Å². The highest BCUT2D eigenvalue weighted by Gasteiger charge is 2.26. The lowest BCUT2D eigenvalue weighted by molar-refractivity contribution is 0.0624. The molecule has 0 atom stereocenters. The van der Waals surface area contributed by atoms with E-state index >= 15 is 0 Å². The average molecular weight is 467 g/mol. The zero-order valence-corrected chi connectivity index (χ0v) is 19.6. The second-order valence-electron chi connectivity index (χ2n) is 8.61. The third-order valence-corrected chi connectivity index (χ3v) is 6.45. The fourth-order valence-corrected chi connectivity index (χ4v) is 4.50. The number of methoxy groups -OCH3 is 1. The Morgan fingerprint density at radius 2 is 1.80 bits per heavy atom. The number of hydrogen-bond acceptors (Lipinski definition) is 6. The van der Waals surface area contributed by atoms with E-state index < -0.39 is 0 Å². The SMILES string of the molecule is COc1cnc2ccccc2c1C(=O)N1CCN(Cc2cncn2Cc2ccc(C#N)cc2)CC1. The Bertz CT molecular complexity index is 1380. The molecule has 35 heavy (non-hydrogen) atoms. The maximum Gasteiger partial charge on any atom is 0.258 e. The van der Waals surface area contributed by atoms with Crippen molar-refractivity contribution in [3.8, 4) is 11.8 Å². The van der Waals surface area contributed by atoms with E-state index in [1.165, 1.54) is 0 Å². The largest absolute Gasteiger partial charge is 0.494 e. The lowest BCUT2D eigenvalue weighted by Gasteiger charge is -2.35. The van der Waals surface area contributed by atoms with E-state index in [-0.39, 0.29) is 5.91 Å². The first kappa shape index (κ1) is 22.6. The summed E-state index contributed by atoms with van der Waals surface area (Å²) in [6.45, 7) is 4.30. The first-order valence-corrected chi connectivity index (χ1v) is 11.6. The van der Waals surface area contributed by atoms with Crippen LogP contribution < -0.4 is 4.74 Å². The summed E-state index contributed by atoms with van der Waals surface area (Å²) in [7, 11) is 1.57. The van der Waals surface area contributed by atoms with Gasteiger partial charge >= 0.3 is 0 Å². The molecule has 0 spiro atoms. The fourth-order valence-electron chi connectivity index (χ4n) is 4.50. The lowest BCUT2D eigenvalue weighted by atomic mass is 10.1. The van der Waals surface area contributed by atoms with E-state index in [4.69, 9.17) is 10.00 Å². The standard InChI is InChI=1S/C27H26N6O2/c1-35-25-16-30-24-5-3-2-4-23(24)26(25)27(34)32-12-10-31(11-13-32)18-22-15-29-19-33(22)17-21-8-6-20(14-28)7-9-21/h2-9,15-16,19H,10-13,17-18H2,1H3. The van der Waals surface area contributed by atoms with Crippen molar-refractivity contribution >= 4 is 16.8 Å². The molecule has 1 aliphatic rings. The molecule has 0 aliphatic carbocycles. The average Bonchev–Trinajstić information content (AvgIpc) is 3.34. The Balaban J connectivity index is 1.24. The summed E-state index contributed by atoms with van der Waals surface area (Å²) >= 11 is 0. The molecule has 5 rings (SSSR count). The van der Waals surface area contributed by atoms with E-state index in [2.05, 4.69) is 25.5 Å². The minimum absolute atomic E-state index is 0.0223. The number of carbonyl (C=O) groups is 1. The van der Waals surface area contributed by atoms with Gasteiger partial charge in [-0.05, 0) is 23.8 Å². The van der Waals surface area contributed by atoms with Crippen molar-refractivity contribution in [1.29, 1.82) is 5.26 Å². The van der Waals surface area contributed by atoms with Crippen molar-refractivity contribution in [1.82, 2.24) is 24.3 Å². The van der Waals surface area contributed by atoms with Gasteiger partial charge < -0.3 is 14.2 Å². The van der Waals surface area contributed by atoms with Crippen LogP contribution in [0.25, 0.3) is 10.9 Å². The highest BCUT2D eigenvalue weighted by molar-refractivity contribution is 6.08. The van der Waals surface area contributed by atoms with Crippen LogP contribution in [0.4, 0.5) is 0 Å². The first-order chi connectivity index (χ1) is 17.2. The molecule has 1 amide bonds. The summed E-state index contributed by atoms with van der Waals surface area (Å²) in [4.78, 5) is 26.5. The fraction of sp³-hybridized carbons (Fsp3) is 0.259. The van der Waals surface area contributed by atoms with E-state index in [1.54, 1.807) is 13.3 Å². The van der Waals surface area contributed by atoms with Crippen LogP contribution in [0.1, 0.15) is 27.2 Å². The molecular formula is C27H26N6O2. The van der Waals surface area contributed by atoms with E-state index in [1.807, 2.05) is 66.0 Å². The number of aromatic nitrogens is 3. The number of rotatable bonds is 6. The zero-order chi connectivity index (χ0) is 24.2. The van der Waals surface area contributed by atoms with Crippen LogP contribution in [0, 0.1) is 11.3 Å². The molecule has 4 aromatic rings. The highest BCUT2D eigenvalue weighted by Crippen LogP contribution is 2.28. The van der Waals surface area contributed by atoms with Gasteiger partial charge in [0.2, 0.25) is 0 Å². The minimum atomic E-state index is -0.0223. The van der Waals surface area contributed by atoms with Crippen molar-refractivity contribution in [3.63, 3.8) is 0 Å². The van der Waals surface area contributed by atoms with Crippen LogP contribution in [0.3, 0.4) is 0 Å². The number of fused-ring (bicyclic) bond motifs is 1. The number of amides is 1. The van der Waals surface area contributed by atoms with Crippen LogP contribution in [0.2, 0.25) is 0 Å². The zero-order valence-electron chi connectivity index (χ0n) is 19.6. The Hall–Kier alpha value is -4.22. The number of carbonyl (C=O) groups excluding carboxylic acids is 1. The van der Waals surface area contributed by atoms with Crippen LogP contribution in [0.5, 0.6) is 5.75 Å². The number of pyridine rings is 1. The third-order valence-electron chi connectivity index (χ3n) is 6.45. The van der Waals surface area contributed by atoms with Crippen LogP contribution >= 0.6 is 0 Å². The van der Waals surface area contributed by atoms with E-state index in [0.29, 0.717) is 36.5 Å². The van der Waals surface area contributed by atoms with Crippen molar-refractivity contribution in [3.05, 3.63) is 89.6 Å². The van der Waals surface area contributed by atoms with Crippen molar-refractivity contribution < 1.29 is 9.53 Å². The molecular weight excluding hydrogens is 440 g/mol. The van der Waals surface area contributed by atoms with Crippen LogP contribution in [0.15, 0.2) is 67.3 Å². The predicted molar refractivity (Wildman–Crippen MR) is 132 cm³/mol. The number of nitriles is 1. The van der Waals surface area contributed by atoms with Gasteiger partial charge in [-0.1, -0.05) is 30.3 Å². The molecule has 0 N–H and O–H groups in total. The van der Waals surface area contributed by atoms with Gasteiger partial charge in [0, 0.05) is 50.9 Å². The topological polar surface area (TPSA) is 87.3 Å². The number of para-hydroxylation sites is 1. The van der Waals surface area contributed by atoms with Crippen molar-refractivity contribution in [2.75, 3.05) is 33.3 Å². The smallest absolute Gasteiger partial charge is 0.258 e. The molecule has 1 saturated heterocycles. The highest BCUT2D eigenvalue weighted by atomic mass is 16.5. The van der Waals surface area contributed by atoms with Gasteiger partial charge in [-0.2, -0.15) is 5.26 Å². The summed E-state index contributed by atoms with van der Waals surface area (Å²) in [5.74, 6) is 0.480. The summed E-state index contributed by atoms with van der Waals surface area (Å²) < 4.78 is 7.62. The van der Waals surface area contributed by atoms with Gasteiger partial charge in [-0.25, -0.2) is 4.98 Å². The summed E-state index contributed by atoms with van der Waals surface area (Å²) in [5.41, 5.74) is 4.26. The number of hydrogen-bond donors (Lipinski definition) is 0. The normalized spacial score (nSPS) is 14.1. The maximum absolute atomic E-state index is 13.5. The first-order valence-electron chi connectivity index (χ1n) is 11.6. The lowest BCUT2D eigenvalue weighted by Crippen LogP contribution is -2.48. The van der Waals surface area contributed by atoms with Gasteiger partial charge in [0.1, 0.15) is 0 Å². The Morgan fingerprint density at radius 1 is 1.03 bits per heavy atom. The molecule has 1 fully saturated rings. The third kappa shape index (κ3) is 4.72. The molecule has 8 heteroatoms. The number of piperazine rings is 1. The monoisotopic (exact) mass is 466 g/mol. The van der Waals surface area contributed by atoms with E-state index in [0.717, 1.165) is 41.8 Å². The molecule has 2 aromatic carbocycles. The second-order valence-corrected chi connectivity index (χ2v) is 8.61. The Kier molecular flexibility index (Phi) is 6.42. The Morgan fingerprint density at radius 3 is 2.54 bits per heavy atom. The van der Waals surface area contributed by atoms with Crippen molar-refractivity contribution in [2.45, 2.75) is 13.1 Å². The Labute approximate surface area is 204 Å². The molecule has 1 aliphatic heterocycles.